The molecule has 0 spiro atoms. The number of hydrogen-bond acceptors (Lipinski definition) is 2. The molecule has 2 nitrogen and oxygen atoms in total. The third kappa shape index (κ3) is 4.06. The van der Waals surface area contributed by atoms with Crippen molar-refractivity contribution < 1.29 is 9.53 Å². The Kier molecular flexibility index (Phi) is 3.81. The molecule has 0 aliphatic heterocycles. The van der Waals surface area contributed by atoms with Crippen LogP contribution in [0.3, 0.4) is 0 Å². The highest BCUT2D eigenvalue weighted by Gasteiger charge is 2.22. The topological polar surface area (TPSA) is 26.3 Å². The fraction of sp³-hybridized carbons (Fsp3) is 0.769. The molecule has 2 fully saturated rings. The first kappa shape index (κ1) is 10.7. The summed E-state index contributed by atoms with van der Waals surface area (Å²) in [6, 6.07) is 0. The molecule has 0 bridgehead atoms. The lowest BCUT2D eigenvalue weighted by Gasteiger charge is -2.21. The molecule has 0 aromatic carbocycles. The van der Waals surface area contributed by atoms with Crippen molar-refractivity contribution in [3.63, 3.8) is 0 Å². The minimum atomic E-state index is -0.0276. The molecule has 2 aliphatic carbocycles. The molecular weight excluding hydrogens is 188 g/mol. The summed E-state index contributed by atoms with van der Waals surface area (Å²) in [6.45, 7) is 0.472. The molecule has 0 heterocycles. The van der Waals surface area contributed by atoms with Gasteiger partial charge in [-0.1, -0.05) is 31.4 Å². The lowest BCUT2D eigenvalue weighted by atomic mass is 9.85. The predicted molar refractivity (Wildman–Crippen MR) is 59.4 cm³/mol. The molecule has 0 aromatic rings. The van der Waals surface area contributed by atoms with E-state index in [2.05, 4.69) is 6.08 Å². The maximum Gasteiger partial charge on any atom is 0.306 e. The highest BCUT2D eigenvalue weighted by molar-refractivity contribution is 5.69. The largest absolute Gasteiger partial charge is 0.461 e. The van der Waals surface area contributed by atoms with Crippen LogP contribution >= 0.6 is 0 Å². The molecule has 2 heteroatoms. The van der Waals surface area contributed by atoms with Gasteiger partial charge in [-0.2, -0.15) is 0 Å². The Morgan fingerprint density at radius 2 is 2.07 bits per heavy atom. The van der Waals surface area contributed by atoms with Crippen molar-refractivity contribution in [2.75, 3.05) is 6.61 Å². The van der Waals surface area contributed by atoms with Crippen LogP contribution in [0.25, 0.3) is 0 Å². The first-order valence-corrected chi connectivity index (χ1v) is 6.17. The minimum Gasteiger partial charge on any atom is -0.461 e. The summed E-state index contributed by atoms with van der Waals surface area (Å²) in [4.78, 5) is 11.2. The van der Waals surface area contributed by atoms with Gasteiger partial charge in [-0.3, -0.25) is 4.79 Å². The van der Waals surface area contributed by atoms with E-state index >= 15 is 0 Å². The Balaban J connectivity index is 1.48. The van der Waals surface area contributed by atoms with Crippen molar-refractivity contribution in [3.8, 4) is 0 Å². The zero-order valence-corrected chi connectivity index (χ0v) is 9.28. The zero-order valence-electron chi connectivity index (χ0n) is 9.28. The second-order valence-corrected chi connectivity index (χ2v) is 4.78. The van der Waals surface area contributed by atoms with Crippen molar-refractivity contribution in [2.45, 2.75) is 44.9 Å². The zero-order chi connectivity index (χ0) is 10.5. The fourth-order valence-corrected chi connectivity index (χ4v) is 1.82. The van der Waals surface area contributed by atoms with Crippen molar-refractivity contribution in [2.24, 2.45) is 11.8 Å². The molecule has 0 amide bonds. The van der Waals surface area contributed by atoms with Gasteiger partial charge in [0.25, 0.3) is 0 Å². The van der Waals surface area contributed by atoms with Gasteiger partial charge in [-0.15, -0.1) is 0 Å². The van der Waals surface area contributed by atoms with Gasteiger partial charge in [-0.05, 0) is 31.1 Å². The monoisotopic (exact) mass is 208 g/mol. The number of hydrogen-bond donors (Lipinski definition) is 0. The van der Waals surface area contributed by atoms with Crippen LogP contribution in [0.4, 0.5) is 0 Å². The van der Waals surface area contributed by atoms with E-state index in [0.29, 0.717) is 13.0 Å². The molecule has 2 saturated carbocycles. The Labute approximate surface area is 91.7 Å². The Bertz CT molecular complexity index is 237. The Hall–Kier alpha value is -0.790. The van der Waals surface area contributed by atoms with Crippen LogP contribution in [0.5, 0.6) is 0 Å². The summed E-state index contributed by atoms with van der Waals surface area (Å²) in [7, 11) is 0. The van der Waals surface area contributed by atoms with Crippen molar-refractivity contribution in [3.05, 3.63) is 12.2 Å². The molecule has 0 N–H and O–H groups in total. The summed E-state index contributed by atoms with van der Waals surface area (Å²) < 4.78 is 5.11. The first-order chi connectivity index (χ1) is 7.34. The van der Waals surface area contributed by atoms with Crippen molar-refractivity contribution in [1.29, 1.82) is 0 Å². The maximum absolute atomic E-state index is 11.2. The molecule has 15 heavy (non-hydrogen) atoms. The SMILES string of the molecule is O=C(CCC1CC1)OC/C=C/C1CCC1. The van der Waals surface area contributed by atoms with E-state index in [4.69, 9.17) is 4.74 Å². The number of ether oxygens (including phenoxy) is 1. The third-order valence-electron chi connectivity index (χ3n) is 3.35. The fourth-order valence-electron chi connectivity index (χ4n) is 1.82. The third-order valence-corrected chi connectivity index (χ3v) is 3.35. The molecule has 2 aliphatic rings. The van der Waals surface area contributed by atoms with Gasteiger partial charge in [0.1, 0.15) is 6.61 Å². The highest BCUT2D eigenvalue weighted by atomic mass is 16.5. The van der Waals surface area contributed by atoms with Crippen LogP contribution in [0.15, 0.2) is 12.2 Å². The average Bonchev–Trinajstić information content (AvgIpc) is 2.95. The minimum absolute atomic E-state index is 0.0276. The Morgan fingerprint density at radius 1 is 1.27 bits per heavy atom. The normalized spacial score (nSPS) is 21.6. The van der Waals surface area contributed by atoms with Crippen LogP contribution in [-0.2, 0) is 9.53 Å². The van der Waals surface area contributed by atoms with Crippen LogP contribution in [-0.4, -0.2) is 12.6 Å². The summed E-state index contributed by atoms with van der Waals surface area (Å²) in [5.41, 5.74) is 0. The molecule has 0 saturated heterocycles. The molecular formula is C13H20O2. The van der Waals surface area contributed by atoms with Crippen LogP contribution in [0, 0.1) is 11.8 Å². The van der Waals surface area contributed by atoms with Crippen molar-refractivity contribution in [1.82, 2.24) is 0 Å². The number of rotatable bonds is 6. The number of carbonyl (C=O) groups is 1. The Morgan fingerprint density at radius 3 is 2.67 bits per heavy atom. The maximum atomic E-state index is 11.2. The molecule has 0 atom stereocenters. The molecule has 0 aromatic heterocycles. The van der Waals surface area contributed by atoms with Gasteiger partial charge in [-0.25, -0.2) is 0 Å². The molecule has 0 radical (unpaired) electrons. The first-order valence-electron chi connectivity index (χ1n) is 6.17. The van der Waals surface area contributed by atoms with E-state index in [1.165, 1.54) is 32.1 Å². The van der Waals surface area contributed by atoms with Gasteiger partial charge in [0.05, 0.1) is 0 Å². The summed E-state index contributed by atoms with van der Waals surface area (Å²) in [6.07, 6.45) is 12.4. The van der Waals surface area contributed by atoms with E-state index in [-0.39, 0.29) is 5.97 Å². The average molecular weight is 208 g/mol. The molecule has 0 unspecified atom stereocenters. The lowest BCUT2D eigenvalue weighted by molar-refractivity contribution is -0.142. The highest BCUT2D eigenvalue weighted by Crippen LogP contribution is 2.33. The van der Waals surface area contributed by atoms with E-state index in [1.807, 2.05) is 6.08 Å². The van der Waals surface area contributed by atoms with E-state index < -0.39 is 0 Å². The van der Waals surface area contributed by atoms with Gasteiger partial charge < -0.3 is 4.74 Å². The second kappa shape index (κ2) is 5.34. The van der Waals surface area contributed by atoms with Gasteiger partial charge in [0.15, 0.2) is 0 Å². The summed E-state index contributed by atoms with van der Waals surface area (Å²) >= 11 is 0. The van der Waals surface area contributed by atoms with Crippen LogP contribution in [0.2, 0.25) is 0 Å². The van der Waals surface area contributed by atoms with E-state index in [0.717, 1.165) is 18.3 Å². The number of allylic oxidation sites excluding steroid dienone is 1. The van der Waals surface area contributed by atoms with Gasteiger partial charge in [0, 0.05) is 6.42 Å². The number of carbonyl (C=O) groups excluding carboxylic acids is 1. The summed E-state index contributed by atoms with van der Waals surface area (Å²) in [5.74, 6) is 1.55. The quantitative estimate of drug-likeness (QED) is 0.495. The lowest BCUT2D eigenvalue weighted by Crippen LogP contribution is -2.08. The van der Waals surface area contributed by atoms with Crippen LogP contribution < -0.4 is 0 Å². The smallest absolute Gasteiger partial charge is 0.306 e. The van der Waals surface area contributed by atoms with Crippen molar-refractivity contribution >= 4 is 5.97 Å². The van der Waals surface area contributed by atoms with Gasteiger partial charge in [0.2, 0.25) is 0 Å². The molecule has 84 valence electrons. The number of esters is 1. The molecule has 2 rings (SSSR count). The van der Waals surface area contributed by atoms with Crippen LogP contribution in [0.1, 0.15) is 44.9 Å². The van der Waals surface area contributed by atoms with E-state index in [1.54, 1.807) is 0 Å². The van der Waals surface area contributed by atoms with E-state index in [9.17, 15) is 4.79 Å². The second-order valence-electron chi connectivity index (χ2n) is 4.78. The predicted octanol–water partition coefficient (Wildman–Crippen LogP) is 3.08. The van der Waals surface area contributed by atoms with Gasteiger partial charge >= 0.3 is 5.97 Å². The standard InChI is InChI=1S/C13H20O2/c14-13(9-8-12-6-7-12)15-10-2-5-11-3-1-4-11/h2,5,11-12H,1,3-4,6-10H2/b5-2+. The summed E-state index contributed by atoms with van der Waals surface area (Å²) in [5, 5.41) is 0.